The second-order valence-electron chi connectivity index (χ2n) is 5.82. The van der Waals surface area contributed by atoms with E-state index in [0.717, 1.165) is 29.8 Å². The van der Waals surface area contributed by atoms with Crippen LogP contribution in [0.25, 0.3) is 10.9 Å². The number of aryl methyl sites for hydroxylation is 1. The van der Waals surface area contributed by atoms with Crippen LogP contribution < -0.4 is 15.0 Å². The van der Waals surface area contributed by atoms with Gasteiger partial charge >= 0.3 is 0 Å². The van der Waals surface area contributed by atoms with Crippen molar-refractivity contribution in [2.24, 2.45) is 0 Å². The van der Waals surface area contributed by atoms with Crippen molar-refractivity contribution in [1.82, 2.24) is 20.2 Å². The van der Waals surface area contributed by atoms with E-state index in [4.69, 9.17) is 9.47 Å². The van der Waals surface area contributed by atoms with Crippen LogP contribution in [0.5, 0.6) is 5.75 Å². The second-order valence-corrected chi connectivity index (χ2v) is 5.82. The maximum atomic E-state index is 5.64. The van der Waals surface area contributed by atoms with Crippen molar-refractivity contribution in [1.29, 1.82) is 0 Å². The van der Waals surface area contributed by atoms with E-state index in [9.17, 15) is 0 Å². The van der Waals surface area contributed by atoms with Crippen LogP contribution in [0, 0.1) is 6.92 Å². The molecular weight excluding hydrogens is 320 g/mol. The fourth-order valence-electron chi connectivity index (χ4n) is 2.98. The summed E-state index contributed by atoms with van der Waals surface area (Å²) in [5.41, 5.74) is 0.961. The standard InChI is InChI=1S/C17H20N6O2/c1-11-18-16(20-15-12-5-3-4-6-13(12)21-22-15)14(24-2)17(19-11)23-7-9-25-10-8-23/h3-6H,7-10H2,1-2H3,(H2,18,19,20,21,22). The molecule has 2 aromatic heterocycles. The first-order valence-corrected chi connectivity index (χ1v) is 8.21. The number of methoxy groups -OCH3 is 1. The molecule has 4 rings (SSSR count). The summed E-state index contributed by atoms with van der Waals surface area (Å²) in [7, 11) is 1.63. The van der Waals surface area contributed by atoms with Gasteiger partial charge in [-0.2, -0.15) is 5.10 Å². The van der Waals surface area contributed by atoms with E-state index in [2.05, 4.69) is 30.4 Å². The van der Waals surface area contributed by atoms with Crippen LogP contribution in [0.15, 0.2) is 24.3 Å². The molecular formula is C17H20N6O2. The third-order valence-corrected chi connectivity index (χ3v) is 4.18. The molecule has 0 bridgehead atoms. The molecule has 25 heavy (non-hydrogen) atoms. The quantitative estimate of drug-likeness (QED) is 0.753. The normalized spacial score (nSPS) is 14.7. The van der Waals surface area contributed by atoms with Crippen molar-refractivity contribution in [3.05, 3.63) is 30.1 Å². The monoisotopic (exact) mass is 340 g/mol. The van der Waals surface area contributed by atoms with Gasteiger partial charge in [0.25, 0.3) is 0 Å². The lowest BCUT2D eigenvalue weighted by Crippen LogP contribution is -2.37. The van der Waals surface area contributed by atoms with Gasteiger partial charge in [-0.25, -0.2) is 9.97 Å². The van der Waals surface area contributed by atoms with Crippen LogP contribution >= 0.6 is 0 Å². The average molecular weight is 340 g/mol. The number of rotatable bonds is 4. The SMILES string of the molecule is COc1c(Nc2n[nH]c3ccccc23)nc(C)nc1N1CCOCC1. The number of ether oxygens (including phenoxy) is 2. The zero-order valence-electron chi connectivity index (χ0n) is 14.2. The van der Waals surface area contributed by atoms with Crippen LogP contribution in [0.4, 0.5) is 17.5 Å². The molecule has 0 radical (unpaired) electrons. The Morgan fingerprint density at radius 2 is 1.96 bits per heavy atom. The molecule has 2 N–H and O–H groups in total. The van der Waals surface area contributed by atoms with E-state index in [1.807, 2.05) is 31.2 Å². The topological polar surface area (TPSA) is 88.2 Å². The predicted octanol–water partition coefficient (Wildman–Crippen LogP) is 2.25. The number of nitrogens with one attached hydrogen (secondary N) is 2. The Labute approximate surface area is 145 Å². The zero-order chi connectivity index (χ0) is 17.2. The molecule has 1 fully saturated rings. The minimum absolute atomic E-state index is 0.605. The summed E-state index contributed by atoms with van der Waals surface area (Å²) in [6, 6.07) is 7.93. The van der Waals surface area contributed by atoms with Crippen molar-refractivity contribution < 1.29 is 9.47 Å². The zero-order valence-corrected chi connectivity index (χ0v) is 14.2. The van der Waals surface area contributed by atoms with Crippen LogP contribution in [0.2, 0.25) is 0 Å². The first-order chi connectivity index (χ1) is 12.3. The van der Waals surface area contributed by atoms with Crippen molar-refractivity contribution in [3.8, 4) is 5.75 Å². The van der Waals surface area contributed by atoms with E-state index < -0.39 is 0 Å². The smallest absolute Gasteiger partial charge is 0.204 e. The molecule has 0 spiro atoms. The van der Waals surface area contributed by atoms with Gasteiger partial charge in [-0.15, -0.1) is 0 Å². The summed E-state index contributed by atoms with van der Waals surface area (Å²) in [6.45, 7) is 4.78. The lowest BCUT2D eigenvalue weighted by molar-refractivity contribution is 0.122. The van der Waals surface area contributed by atoms with Gasteiger partial charge < -0.3 is 19.7 Å². The molecule has 8 heteroatoms. The van der Waals surface area contributed by atoms with Crippen LogP contribution in [0.1, 0.15) is 5.82 Å². The Bertz CT molecular complexity index is 888. The van der Waals surface area contributed by atoms with Crippen LogP contribution in [0.3, 0.4) is 0 Å². The molecule has 3 heterocycles. The largest absolute Gasteiger partial charge is 0.490 e. The molecule has 0 aliphatic carbocycles. The summed E-state index contributed by atoms with van der Waals surface area (Å²) >= 11 is 0. The third kappa shape index (κ3) is 2.96. The highest BCUT2D eigenvalue weighted by atomic mass is 16.5. The minimum Gasteiger partial charge on any atom is -0.490 e. The Morgan fingerprint density at radius 1 is 1.16 bits per heavy atom. The molecule has 0 unspecified atom stereocenters. The Hall–Kier alpha value is -2.87. The predicted molar refractivity (Wildman–Crippen MR) is 95.7 cm³/mol. The first kappa shape index (κ1) is 15.6. The second kappa shape index (κ2) is 6.56. The number of fused-ring (bicyclic) bond motifs is 1. The number of H-pyrrole nitrogens is 1. The number of hydrogen-bond acceptors (Lipinski definition) is 7. The molecule has 0 saturated carbocycles. The average Bonchev–Trinajstić information content (AvgIpc) is 3.05. The number of benzene rings is 1. The highest BCUT2D eigenvalue weighted by molar-refractivity contribution is 5.91. The molecule has 1 aliphatic heterocycles. The summed E-state index contributed by atoms with van der Waals surface area (Å²) < 4.78 is 11.1. The van der Waals surface area contributed by atoms with E-state index >= 15 is 0 Å². The van der Waals surface area contributed by atoms with Gasteiger partial charge in [-0.05, 0) is 19.1 Å². The van der Waals surface area contributed by atoms with E-state index in [-0.39, 0.29) is 0 Å². The lowest BCUT2D eigenvalue weighted by atomic mass is 10.2. The number of aromatic amines is 1. The first-order valence-electron chi connectivity index (χ1n) is 8.21. The highest BCUT2D eigenvalue weighted by Crippen LogP contribution is 2.35. The maximum Gasteiger partial charge on any atom is 0.204 e. The molecule has 1 saturated heterocycles. The van der Waals surface area contributed by atoms with Crippen LogP contribution in [-0.2, 0) is 4.74 Å². The van der Waals surface area contributed by atoms with Gasteiger partial charge in [-0.3, -0.25) is 5.10 Å². The van der Waals surface area contributed by atoms with Crippen molar-refractivity contribution in [2.75, 3.05) is 43.6 Å². The highest BCUT2D eigenvalue weighted by Gasteiger charge is 2.22. The van der Waals surface area contributed by atoms with E-state index in [1.54, 1.807) is 7.11 Å². The Balaban J connectivity index is 1.74. The molecule has 1 aliphatic rings. The van der Waals surface area contributed by atoms with E-state index in [1.165, 1.54) is 0 Å². The third-order valence-electron chi connectivity index (χ3n) is 4.18. The number of morpholine rings is 1. The fraction of sp³-hybridized carbons (Fsp3) is 0.353. The van der Waals surface area contributed by atoms with Crippen molar-refractivity contribution in [2.45, 2.75) is 6.92 Å². The number of hydrogen-bond donors (Lipinski definition) is 2. The fourth-order valence-corrected chi connectivity index (χ4v) is 2.98. The minimum atomic E-state index is 0.605. The van der Waals surface area contributed by atoms with Gasteiger partial charge in [0.05, 0.1) is 25.8 Å². The van der Waals surface area contributed by atoms with Gasteiger partial charge in [0.2, 0.25) is 5.75 Å². The summed E-state index contributed by atoms with van der Waals surface area (Å²) in [5, 5.41) is 11.7. The number of aromatic nitrogens is 4. The van der Waals surface area contributed by atoms with Gasteiger partial charge in [-0.1, -0.05) is 12.1 Å². The summed E-state index contributed by atoms with van der Waals surface area (Å²) in [4.78, 5) is 11.3. The molecule has 130 valence electrons. The van der Waals surface area contributed by atoms with E-state index in [0.29, 0.717) is 36.4 Å². The summed E-state index contributed by atoms with van der Waals surface area (Å²) in [5.74, 6) is 3.37. The Morgan fingerprint density at radius 3 is 2.76 bits per heavy atom. The number of anilines is 3. The molecule has 8 nitrogen and oxygen atoms in total. The molecule has 1 aromatic carbocycles. The van der Waals surface area contributed by atoms with Crippen molar-refractivity contribution in [3.63, 3.8) is 0 Å². The van der Waals surface area contributed by atoms with Crippen molar-refractivity contribution >= 4 is 28.4 Å². The van der Waals surface area contributed by atoms with Gasteiger partial charge in [0.15, 0.2) is 17.5 Å². The Kier molecular flexibility index (Phi) is 4.10. The summed E-state index contributed by atoms with van der Waals surface area (Å²) in [6.07, 6.45) is 0. The molecule has 3 aromatic rings. The molecule has 0 atom stereocenters. The maximum absolute atomic E-state index is 5.64. The number of para-hydroxylation sites is 1. The van der Waals surface area contributed by atoms with Gasteiger partial charge in [0, 0.05) is 18.5 Å². The molecule has 0 amide bonds. The van der Waals surface area contributed by atoms with Crippen LogP contribution in [-0.4, -0.2) is 53.6 Å². The number of nitrogens with zero attached hydrogens (tertiary/aromatic N) is 4. The van der Waals surface area contributed by atoms with Gasteiger partial charge in [0.1, 0.15) is 5.82 Å². The lowest BCUT2D eigenvalue weighted by Gasteiger charge is -2.29.